The van der Waals surface area contributed by atoms with Crippen LogP contribution in [0.15, 0.2) is 59.1 Å². The van der Waals surface area contributed by atoms with Crippen molar-refractivity contribution in [2.24, 2.45) is 0 Å². The molecule has 148 valence electrons. The Morgan fingerprint density at radius 2 is 1.86 bits per heavy atom. The Hall–Kier alpha value is -2.42. The molecule has 1 heterocycles. The van der Waals surface area contributed by atoms with E-state index < -0.39 is 24.3 Å². The SMILES string of the molecule is O=C(O)COC1(c2ccc(Br)cc2)CCON(C(=O)OCc2ccccc2)C1. The van der Waals surface area contributed by atoms with Crippen molar-refractivity contribution in [3.05, 3.63) is 70.2 Å². The number of hydroxylamine groups is 2. The first-order chi connectivity index (χ1) is 13.5. The number of benzene rings is 2. The third-order valence-corrected chi connectivity index (χ3v) is 4.93. The third-order valence-electron chi connectivity index (χ3n) is 4.40. The Labute approximate surface area is 170 Å². The van der Waals surface area contributed by atoms with Crippen molar-refractivity contribution >= 4 is 28.0 Å². The summed E-state index contributed by atoms with van der Waals surface area (Å²) in [5.74, 6) is -1.08. The molecule has 0 saturated carbocycles. The quantitative estimate of drug-likeness (QED) is 0.722. The van der Waals surface area contributed by atoms with Crippen molar-refractivity contribution in [2.45, 2.75) is 18.6 Å². The summed E-state index contributed by atoms with van der Waals surface area (Å²) < 4.78 is 12.0. The van der Waals surface area contributed by atoms with Crippen LogP contribution < -0.4 is 0 Å². The van der Waals surface area contributed by atoms with Gasteiger partial charge in [0.2, 0.25) is 0 Å². The maximum atomic E-state index is 12.5. The van der Waals surface area contributed by atoms with Crippen LogP contribution in [0.3, 0.4) is 0 Å². The van der Waals surface area contributed by atoms with E-state index in [1.54, 1.807) is 0 Å². The number of aliphatic carboxylic acids is 1. The first-order valence-electron chi connectivity index (χ1n) is 8.71. The molecule has 1 amide bonds. The van der Waals surface area contributed by atoms with Crippen molar-refractivity contribution < 1.29 is 29.0 Å². The lowest BCUT2D eigenvalue weighted by atomic mass is 9.89. The van der Waals surface area contributed by atoms with Crippen molar-refractivity contribution in [2.75, 3.05) is 19.8 Å². The highest BCUT2D eigenvalue weighted by Crippen LogP contribution is 2.35. The third kappa shape index (κ3) is 5.09. The van der Waals surface area contributed by atoms with E-state index >= 15 is 0 Å². The van der Waals surface area contributed by atoms with Crippen LogP contribution in [0.1, 0.15) is 17.5 Å². The van der Waals surface area contributed by atoms with E-state index in [4.69, 9.17) is 19.4 Å². The molecule has 0 spiro atoms. The Morgan fingerprint density at radius 3 is 2.54 bits per heavy atom. The summed E-state index contributed by atoms with van der Waals surface area (Å²) in [4.78, 5) is 29.0. The number of carboxylic acids is 1. The van der Waals surface area contributed by atoms with Crippen molar-refractivity contribution in [1.82, 2.24) is 5.06 Å². The van der Waals surface area contributed by atoms with Crippen LogP contribution >= 0.6 is 15.9 Å². The van der Waals surface area contributed by atoms with Gasteiger partial charge in [0.15, 0.2) is 0 Å². The van der Waals surface area contributed by atoms with Crippen molar-refractivity contribution in [3.8, 4) is 0 Å². The number of hydrogen-bond acceptors (Lipinski definition) is 5. The number of carbonyl (C=O) groups is 2. The Bertz CT molecular complexity index is 813. The van der Waals surface area contributed by atoms with Gasteiger partial charge in [-0.2, -0.15) is 5.06 Å². The highest BCUT2D eigenvalue weighted by Gasteiger charge is 2.42. The number of halogens is 1. The predicted octanol–water partition coefficient (Wildman–Crippen LogP) is 3.72. The molecule has 1 atom stereocenters. The van der Waals surface area contributed by atoms with Crippen LogP contribution in [0.4, 0.5) is 4.79 Å². The maximum absolute atomic E-state index is 12.5. The fourth-order valence-corrected chi connectivity index (χ4v) is 3.24. The van der Waals surface area contributed by atoms with Gasteiger partial charge in [-0.05, 0) is 23.3 Å². The molecule has 28 heavy (non-hydrogen) atoms. The smallest absolute Gasteiger partial charge is 0.434 e. The average Bonchev–Trinajstić information content (AvgIpc) is 2.72. The summed E-state index contributed by atoms with van der Waals surface area (Å²) in [7, 11) is 0. The predicted molar refractivity (Wildman–Crippen MR) is 103 cm³/mol. The highest BCUT2D eigenvalue weighted by molar-refractivity contribution is 9.10. The molecule has 3 rings (SSSR count). The minimum Gasteiger partial charge on any atom is -0.480 e. The number of carboxylic acid groups (broad SMARTS) is 1. The lowest BCUT2D eigenvalue weighted by Crippen LogP contribution is -2.51. The number of amides is 1. The normalized spacial score (nSPS) is 19.2. The molecule has 1 saturated heterocycles. The lowest BCUT2D eigenvalue weighted by Gasteiger charge is -2.41. The van der Waals surface area contributed by atoms with Crippen LogP contribution in [0.25, 0.3) is 0 Å². The summed E-state index contributed by atoms with van der Waals surface area (Å²) in [5.41, 5.74) is 0.624. The van der Waals surface area contributed by atoms with Crippen molar-refractivity contribution in [1.29, 1.82) is 0 Å². The summed E-state index contributed by atoms with van der Waals surface area (Å²) in [5, 5.41) is 10.2. The fourth-order valence-electron chi connectivity index (χ4n) is 2.98. The standard InChI is InChI=1S/C20H20BrNO6/c21-17-8-6-16(7-9-17)20(27-13-18(23)24)10-11-28-22(14-20)19(25)26-12-15-4-2-1-3-5-15/h1-9H,10-14H2,(H,23,24). The van der Waals surface area contributed by atoms with Gasteiger partial charge in [-0.1, -0.05) is 58.4 Å². The van der Waals surface area contributed by atoms with Gasteiger partial charge in [0, 0.05) is 10.9 Å². The van der Waals surface area contributed by atoms with Gasteiger partial charge in [0.1, 0.15) is 18.8 Å². The van der Waals surface area contributed by atoms with Gasteiger partial charge in [0.05, 0.1) is 13.2 Å². The zero-order valence-corrected chi connectivity index (χ0v) is 16.6. The monoisotopic (exact) mass is 449 g/mol. The second-order valence-corrected chi connectivity index (χ2v) is 7.26. The van der Waals surface area contributed by atoms with Gasteiger partial charge >= 0.3 is 12.1 Å². The zero-order valence-electron chi connectivity index (χ0n) is 15.0. The number of carbonyl (C=O) groups excluding carboxylic acids is 1. The zero-order chi connectivity index (χ0) is 20.0. The first-order valence-corrected chi connectivity index (χ1v) is 9.51. The largest absolute Gasteiger partial charge is 0.480 e. The molecule has 7 nitrogen and oxygen atoms in total. The first kappa shape index (κ1) is 20.3. The van der Waals surface area contributed by atoms with Gasteiger partial charge in [0.25, 0.3) is 0 Å². The molecular weight excluding hydrogens is 430 g/mol. The van der Waals surface area contributed by atoms with Crippen LogP contribution in [0.5, 0.6) is 0 Å². The number of rotatable bonds is 6. The van der Waals surface area contributed by atoms with E-state index in [1.807, 2.05) is 54.6 Å². The summed E-state index contributed by atoms with van der Waals surface area (Å²) >= 11 is 3.38. The molecule has 0 radical (unpaired) electrons. The molecule has 0 aliphatic carbocycles. The van der Waals surface area contributed by atoms with Crippen LogP contribution in [-0.4, -0.2) is 42.0 Å². The van der Waals surface area contributed by atoms with E-state index in [-0.39, 0.29) is 19.8 Å². The van der Waals surface area contributed by atoms with Crippen LogP contribution in [-0.2, 0) is 31.3 Å². The Balaban J connectivity index is 1.74. The molecule has 1 aliphatic rings. The van der Waals surface area contributed by atoms with E-state index in [9.17, 15) is 9.59 Å². The molecule has 0 bridgehead atoms. The average molecular weight is 450 g/mol. The molecule has 1 fully saturated rings. The highest BCUT2D eigenvalue weighted by atomic mass is 79.9. The van der Waals surface area contributed by atoms with E-state index in [2.05, 4.69) is 15.9 Å². The maximum Gasteiger partial charge on any atom is 0.434 e. The fraction of sp³-hybridized carbons (Fsp3) is 0.300. The van der Waals surface area contributed by atoms with E-state index in [0.717, 1.165) is 20.7 Å². The molecule has 1 unspecified atom stereocenters. The second kappa shape index (κ2) is 9.18. The summed E-state index contributed by atoms with van der Waals surface area (Å²) in [6.07, 6.45) is -0.242. The van der Waals surface area contributed by atoms with E-state index in [1.165, 1.54) is 0 Å². The Kier molecular flexibility index (Phi) is 6.66. The lowest BCUT2D eigenvalue weighted by molar-refractivity contribution is -0.230. The molecule has 1 aliphatic heterocycles. The molecule has 1 N–H and O–H groups in total. The number of hydrogen-bond donors (Lipinski definition) is 1. The molecule has 2 aromatic carbocycles. The topological polar surface area (TPSA) is 85.3 Å². The van der Waals surface area contributed by atoms with Gasteiger partial charge in [-0.3, -0.25) is 4.84 Å². The minimum absolute atomic E-state index is 0.0233. The molecule has 8 heteroatoms. The minimum atomic E-state index is -1.08. The van der Waals surface area contributed by atoms with Crippen molar-refractivity contribution in [3.63, 3.8) is 0 Å². The second-order valence-electron chi connectivity index (χ2n) is 6.34. The molecular formula is C20H20BrNO6. The number of ether oxygens (including phenoxy) is 2. The van der Waals surface area contributed by atoms with E-state index in [0.29, 0.717) is 6.42 Å². The van der Waals surface area contributed by atoms with Crippen LogP contribution in [0.2, 0.25) is 0 Å². The Morgan fingerprint density at radius 1 is 1.14 bits per heavy atom. The molecule has 0 aromatic heterocycles. The summed E-state index contributed by atoms with van der Waals surface area (Å²) in [6.45, 7) is -0.157. The van der Waals surface area contributed by atoms with Crippen LogP contribution in [0, 0.1) is 0 Å². The summed E-state index contributed by atoms with van der Waals surface area (Å²) in [6, 6.07) is 16.7. The number of nitrogens with zero attached hydrogens (tertiary/aromatic N) is 1. The van der Waals surface area contributed by atoms with Gasteiger partial charge in [-0.15, -0.1) is 0 Å². The molecule has 2 aromatic rings. The van der Waals surface area contributed by atoms with Gasteiger partial charge in [-0.25, -0.2) is 9.59 Å². The van der Waals surface area contributed by atoms with Gasteiger partial charge < -0.3 is 14.6 Å².